The molecule has 0 aliphatic carbocycles. The van der Waals surface area contributed by atoms with Crippen LogP contribution in [-0.4, -0.2) is 16.3 Å². The highest BCUT2D eigenvalue weighted by atomic mass is 32.2. The molecule has 1 aromatic rings. The molecule has 2 N–H and O–H groups in total. The van der Waals surface area contributed by atoms with Crippen molar-refractivity contribution in [2.75, 3.05) is 0 Å². The van der Waals surface area contributed by atoms with Crippen molar-refractivity contribution in [3.8, 4) is 0 Å². The van der Waals surface area contributed by atoms with E-state index in [1.54, 1.807) is 18.0 Å². The molecule has 2 atom stereocenters. The van der Waals surface area contributed by atoms with Gasteiger partial charge in [0, 0.05) is 11.3 Å². The van der Waals surface area contributed by atoms with Crippen LogP contribution < -0.4 is 5.73 Å². The first-order chi connectivity index (χ1) is 7.34. The standard InChI is InChI=1S/C12H22N2OS/c1-6-9(13)10(12(3,4)5)16-11-14-8(2)7-15-11/h7,9-10H,6,13H2,1-5H3. The Labute approximate surface area is 102 Å². The molecule has 1 rings (SSSR count). The third-order valence-electron chi connectivity index (χ3n) is 2.54. The number of aromatic nitrogens is 1. The average Bonchev–Trinajstić information content (AvgIpc) is 2.57. The van der Waals surface area contributed by atoms with Crippen LogP contribution in [0, 0.1) is 12.3 Å². The van der Waals surface area contributed by atoms with Crippen molar-refractivity contribution in [2.24, 2.45) is 11.1 Å². The lowest BCUT2D eigenvalue weighted by molar-refractivity contribution is 0.345. The van der Waals surface area contributed by atoms with Gasteiger partial charge in [0.25, 0.3) is 5.22 Å². The number of oxazole rings is 1. The Bertz CT molecular complexity index is 330. The summed E-state index contributed by atoms with van der Waals surface area (Å²) in [5.41, 5.74) is 7.23. The second-order valence-corrected chi connectivity index (χ2v) is 6.32. The van der Waals surface area contributed by atoms with E-state index in [1.165, 1.54) is 0 Å². The van der Waals surface area contributed by atoms with Gasteiger partial charge in [-0.25, -0.2) is 4.98 Å². The number of aryl methyl sites for hydroxylation is 1. The van der Waals surface area contributed by atoms with Gasteiger partial charge < -0.3 is 10.2 Å². The highest BCUT2D eigenvalue weighted by molar-refractivity contribution is 7.99. The normalized spacial score (nSPS) is 16.1. The van der Waals surface area contributed by atoms with Gasteiger partial charge in [-0.2, -0.15) is 0 Å². The Hall–Kier alpha value is -0.480. The number of hydrogen-bond acceptors (Lipinski definition) is 4. The lowest BCUT2D eigenvalue weighted by Gasteiger charge is -2.33. The van der Waals surface area contributed by atoms with Crippen LogP contribution in [0.2, 0.25) is 0 Å². The summed E-state index contributed by atoms with van der Waals surface area (Å²) in [5, 5.41) is 1.04. The number of thioether (sulfide) groups is 1. The molecule has 0 saturated heterocycles. The maximum atomic E-state index is 6.17. The molecule has 0 radical (unpaired) electrons. The fourth-order valence-corrected chi connectivity index (χ4v) is 2.85. The van der Waals surface area contributed by atoms with Crippen molar-refractivity contribution in [1.82, 2.24) is 4.98 Å². The summed E-state index contributed by atoms with van der Waals surface area (Å²) in [6, 6.07) is 0.164. The predicted molar refractivity (Wildman–Crippen MR) is 68.6 cm³/mol. The molecule has 1 heterocycles. The van der Waals surface area contributed by atoms with Crippen LogP contribution in [0.15, 0.2) is 15.9 Å². The van der Waals surface area contributed by atoms with E-state index in [0.29, 0.717) is 5.25 Å². The summed E-state index contributed by atoms with van der Waals surface area (Å²) in [4.78, 5) is 4.32. The summed E-state index contributed by atoms with van der Waals surface area (Å²) in [5.74, 6) is 0. The minimum Gasteiger partial charge on any atom is -0.440 e. The van der Waals surface area contributed by atoms with Gasteiger partial charge in [0.15, 0.2) is 0 Å². The first-order valence-corrected chi connectivity index (χ1v) is 6.57. The van der Waals surface area contributed by atoms with E-state index in [-0.39, 0.29) is 11.5 Å². The van der Waals surface area contributed by atoms with E-state index in [0.717, 1.165) is 17.3 Å². The van der Waals surface area contributed by atoms with Crippen LogP contribution in [-0.2, 0) is 0 Å². The molecule has 0 bridgehead atoms. The van der Waals surface area contributed by atoms with E-state index >= 15 is 0 Å². The third kappa shape index (κ3) is 3.52. The summed E-state index contributed by atoms with van der Waals surface area (Å²) >= 11 is 1.65. The molecule has 0 aromatic carbocycles. The summed E-state index contributed by atoms with van der Waals surface area (Å²) in [6.45, 7) is 10.7. The molecule has 0 aliphatic heterocycles. The minimum absolute atomic E-state index is 0.141. The number of rotatable bonds is 4. The lowest BCUT2D eigenvalue weighted by atomic mass is 9.87. The third-order valence-corrected chi connectivity index (χ3v) is 4.24. The molecule has 1 aromatic heterocycles. The van der Waals surface area contributed by atoms with Gasteiger partial charge in [0.1, 0.15) is 6.26 Å². The Morgan fingerprint density at radius 2 is 2.12 bits per heavy atom. The van der Waals surface area contributed by atoms with Crippen LogP contribution in [0.5, 0.6) is 0 Å². The van der Waals surface area contributed by atoms with Gasteiger partial charge in [0.05, 0.1) is 5.69 Å². The average molecular weight is 242 g/mol. The molecule has 2 unspecified atom stereocenters. The molecular formula is C12H22N2OS. The van der Waals surface area contributed by atoms with Crippen LogP contribution in [0.1, 0.15) is 39.8 Å². The van der Waals surface area contributed by atoms with Gasteiger partial charge in [0.2, 0.25) is 0 Å². The monoisotopic (exact) mass is 242 g/mol. The van der Waals surface area contributed by atoms with E-state index in [1.807, 2.05) is 6.92 Å². The lowest BCUT2D eigenvalue weighted by Crippen LogP contribution is -2.40. The smallest absolute Gasteiger partial charge is 0.256 e. The van der Waals surface area contributed by atoms with E-state index < -0.39 is 0 Å². The Balaban J connectivity index is 2.79. The topological polar surface area (TPSA) is 52.0 Å². The quantitative estimate of drug-likeness (QED) is 0.824. The molecule has 0 fully saturated rings. The first-order valence-electron chi connectivity index (χ1n) is 5.69. The molecular weight excluding hydrogens is 220 g/mol. The van der Waals surface area contributed by atoms with Crippen molar-refractivity contribution < 1.29 is 4.42 Å². The zero-order valence-electron chi connectivity index (χ0n) is 10.8. The van der Waals surface area contributed by atoms with Gasteiger partial charge in [-0.15, -0.1) is 0 Å². The van der Waals surface area contributed by atoms with Gasteiger partial charge >= 0.3 is 0 Å². The van der Waals surface area contributed by atoms with Crippen LogP contribution >= 0.6 is 11.8 Å². The Morgan fingerprint density at radius 1 is 1.50 bits per heavy atom. The van der Waals surface area contributed by atoms with Gasteiger partial charge in [-0.3, -0.25) is 0 Å². The maximum Gasteiger partial charge on any atom is 0.256 e. The molecule has 92 valence electrons. The maximum absolute atomic E-state index is 6.17. The molecule has 0 spiro atoms. The van der Waals surface area contributed by atoms with Crippen LogP contribution in [0.4, 0.5) is 0 Å². The summed E-state index contributed by atoms with van der Waals surface area (Å²) < 4.78 is 5.38. The SMILES string of the molecule is CCC(N)C(Sc1nc(C)co1)C(C)(C)C. The summed E-state index contributed by atoms with van der Waals surface area (Å²) in [7, 11) is 0. The number of nitrogens with zero attached hydrogens (tertiary/aromatic N) is 1. The fraction of sp³-hybridized carbons (Fsp3) is 0.750. The van der Waals surface area contributed by atoms with E-state index in [9.17, 15) is 0 Å². The molecule has 0 saturated carbocycles. The highest BCUT2D eigenvalue weighted by Gasteiger charge is 2.31. The second-order valence-electron chi connectivity index (χ2n) is 5.23. The Kier molecular flexibility index (Phi) is 4.44. The van der Waals surface area contributed by atoms with Crippen molar-refractivity contribution >= 4 is 11.8 Å². The molecule has 0 aliphatic rings. The zero-order chi connectivity index (χ0) is 12.3. The van der Waals surface area contributed by atoms with Crippen molar-refractivity contribution in [3.05, 3.63) is 12.0 Å². The second kappa shape index (κ2) is 5.23. The van der Waals surface area contributed by atoms with Crippen molar-refractivity contribution in [3.63, 3.8) is 0 Å². The van der Waals surface area contributed by atoms with Crippen molar-refractivity contribution in [1.29, 1.82) is 0 Å². The number of hydrogen-bond donors (Lipinski definition) is 1. The van der Waals surface area contributed by atoms with E-state index in [2.05, 4.69) is 32.7 Å². The van der Waals surface area contributed by atoms with Crippen LogP contribution in [0.3, 0.4) is 0 Å². The minimum atomic E-state index is 0.141. The molecule has 4 heteroatoms. The van der Waals surface area contributed by atoms with Gasteiger partial charge in [-0.05, 0) is 18.8 Å². The van der Waals surface area contributed by atoms with Gasteiger partial charge in [-0.1, -0.05) is 39.5 Å². The fourth-order valence-electron chi connectivity index (χ4n) is 1.62. The Morgan fingerprint density at radius 3 is 2.50 bits per heavy atom. The summed E-state index contributed by atoms with van der Waals surface area (Å²) in [6.07, 6.45) is 2.65. The zero-order valence-corrected chi connectivity index (χ0v) is 11.6. The molecule has 16 heavy (non-hydrogen) atoms. The van der Waals surface area contributed by atoms with E-state index in [4.69, 9.17) is 10.2 Å². The molecule has 3 nitrogen and oxygen atoms in total. The number of nitrogens with two attached hydrogens (primary N) is 1. The highest BCUT2D eigenvalue weighted by Crippen LogP contribution is 2.37. The molecule has 0 amide bonds. The predicted octanol–water partition coefficient (Wildman–Crippen LogP) is 3.23. The van der Waals surface area contributed by atoms with Crippen molar-refractivity contribution in [2.45, 2.75) is 57.6 Å². The first kappa shape index (κ1) is 13.6. The largest absolute Gasteiger partial charge is 0.440 e. The van der Waals surface area contributed by atoms with Crippen LogP contribution in [0.25, 0.3) is 0 Å².